The zero-order valence-corrected chi connectivity index (χ0v) is 14.1. The SMILES string of the molecule is CC1(C)CCCC(N)(C2CCCC(S(C)(=O)=O)C2)CC1. The molecule has 0 bridgehead atoms. The van der Waals surface area contributed by atoms with Crippen LogP contribution in [0.2, 0.25) is 0 Å². The second-order valence-corrected chi connectivity index (χ2v) is 10.4. The Balaban J connectivity index is 2.09. The van der Waals surface area contributed by atoms with Gasteiger partial charge in [-0.15, -0.1) is 0 Å². The fraction of sp³-hybridized carbons (Fsp3) is 1.00. The Labute approximate surface area is 124 Å². The molecule has 0 spiro atoms. The Hall–Kier alpha value is -0.0900. The summed E-state index contributed by atoms with van der Waals surface area (Å²) in [5, 5.41) is -0.155. The molecule has 118 valence electrons. The van der Waals surface area contributed by atoms with Gasteiger partial charge in [-0.05, 0) is 56.3 Å². The Morgan fingerprint density at radius 2 is 1.70 bits per heavy atom. The first-order valence-electron chi connectivity index (χ1n) is 8.10. The molecular formula is C16H31NO2S. The van der Waals surface area contributed by atoms with Gasteiger partial charge in [0.05, 0.1) is 5.25 Å². The first-order chi connectivity index (χ1) is 9.12. The molecule has 2 N–H and O–H groups in total. The highest BCUT2D eigenvalue weighted by molar-refractivity contribution is 7.91. The average Bonchev–Trinajstić information content (AvgIpc) is 2.49. The summed E-state index contributed by atoms with van der Waals surface area (Å²) in [4.78, 5) is 0. The standard InChI is InChI=1S/C16H31NO2S/c1-15(2)8-5-9-16(17,11-10-15)13-6-4-7-14(12-13)20(3,18)19/h13-14H,4-12,17H2,1-3H3. The third-order valence-corrected chi connectivity index (χ3v) is 7.45. The van der Waals surface area contributed by atoms with Gasteiger partial charge < -0.3 is 5.73 Å². The van der Waals surface area contributed by atoms with Crippen molar-refractivity contribution in [2.24, 2.45) is 17.1 Å². The molecule has 2 saturated carbocycles. The van der Waals surface area contributed by atoms with Crippen LogP contribution in [0.3, 0.4) is 0 Å². The van der Waals surface area contributed by atoms with Crippen molar-refractivity contribution >= 4 is 9.84 Å². The van der Waals surface area contributed by atoms with E-state index in [9.17, 15) is 8.42 Å². The number of nitrogens with two attached hydrogens (primary N) is 1. The lowest BCUT2D eigenvalue weighted by molar-refractivity contribution is 0.179. The largest absolute Gasteiger partial charge is 0.325 e. The van der Waals surface area contributed by atoms with Crippen molar-refractivity contribution in [1.82, 2.24) is 0 Å². The second kappa shape index (κ2) is 5.60. The van der Waals surface area contributed by atoms with E-state index in [-0.39, 0.29) is 10.8 Å². The van der Waals surface area contributed by atoms with Crippen LogP contribution in [0.5, 0.6) is 0 Å². The van der Waals surface area contributed by atoms with Gasteiger partial charge in [0.2, 0.25) is 0 Å². The number of hydrogen-bond acceptors (Lipinski definition) is 3. The van der Waals surface area contributed by atoms with Gasteiger partial charge in [0.1, 0.15) is 9.84 Å². The molecule has 3 nitrogen and oxygen atoms in total. The summed E-state index contributed by atoms with van der Waals surface area (Å²) in [5.74, 6) is 0.393. The summed E-state index contributed by atoms with van der Waals surface area (Å²) in [6, 6.07) is 0. The normalized spacial score (nSPS) is 39.2. The minimum atomic E-state index is -2.91. The maximum Gasteiger partial charge on any atom is 0.150 e. The monoisotopic (exact) mass is 301 g/mol. The molecule has 3 unspecified atom stereocenters. The summed E-state index contributed by atoms with van der Waals surface area (Å²) >= 11 is 0. The van der Waals surface area contributed by atoms with Crippen LogP contribution in [0.25, 0.3) is 0 Å². The summed E-state index contributed by atoms with van der Waals surface area (Å²) < 4.78 is 23.7. The second-order valence-electron chi connectivity index (χ2n) is 8.07. The van der Waals surface area contributed by atoms with Crippen molar-refractivity contribution in [2.75, 3.05) is 6.26 Å². The van der Waals surface area contributed by atoms with Crippen LogP contribution in [-0.4, -0.2) is 25.5 Å². The minimum absolute atomic E-state index is 0.128. The Morgan fingerprint density at radius 3 is 2.35 bits per heavy atom. The molecule has 0 aromatic carbocycles. The van der Waals surface area contributed by atoms with E-state index in [1.54, 1.807) is 0 Å². The molecule has 2 rings (SSSR count). The minimum Gasteiger partial charge on any atom is -0.325 e. The van der Waals surface area contributed by atoms with Crippen LogP contribution in [0.1, 0.15) is 71.6 Å². The van der Waals surface area contributed by atoms with Crippen molar-refractivity contribution in [1.29, 1.82) is 0 Å². The predicted octanol–water partition coefficient (Wildman–Crippen LogP) is 3.28. The van der Waals surface area contributed by atoms with Gasteiger partial charge in [0, 0.05) is 11.8 Å². The first kappa shape index (κ1) is 16.3. The Bertz CT molecular complexity index is 443. The van der Waals surface area contributed by atoms with Gasteiger partial charge in [-0.1, -0.05) is 26.7 Å². The fourth-order valence-electron chi connectivity index (χ4n) is 4.18. The maximum atomic E-state index is 11.8. The molecule has 0 saturated heterocycles. The van der Waals surface area contributed by atoms with Crippen LogP contribution in [0.15, 0.2) is 0 Å². The summed E-state index contributed by atoms with van der Waals surface area (Å²) in [6.45, 7) is 4.66. The molecular weight excluding hydrogens is 270 g/mol. The van der Waals surface area contributed by atoms with Gasteiger partial charge in [-0.2, -0.15) is 0 Å². The van der Waals surface area contributed by atoms with E-state index in [1.807, 2.05) is 0 Å². The van der Waals surface area contributed by atoms with Gasteiger partial charge in [-0.3, -0.25) is 0 Å². The van der Waals surface area contributed by atoms with Gasteiger partial charge in [-0.25, -0.2) is 8.42 Å². The molecule has 3 atom stereocenters. The van der Waals surface area contributed by atoms with Crippen LogP contribution in [0.4, 0.5) is 0 Å². The van der Waals surface area contributed by atoms with E-state index in [4.69, 9.17) is 5.73 Å². The highest BCUT2D eigenvalue weighted by Gasteiger charge is 2.42. The molecule has 0 aromatic heterocycles. The molecule has 2 aliphatic rings. The molecule has 0 heterocycles. The van der Waals surface area contributed by atoms with Crippen LogP contribution >= 0.6 is 0 Å². The van der Waals surface area contributed by atoms with Gasteiger partial charge in [0.25, 0.3) is 0 Å². The summed E-state index contributed by atoms with van der Waals surface area (Å²) in [6.07, 6.45) is 10.9. The molecule has 4 heteroatoms. The van der Waals surface area contributed by atoms with Crippen LogP contribution < -0.4 is 5.73 Å². The Morgan fingerprint density at radius 1 is 1.00 bits per heavy atom. The third-order valence-electron chi connectivity index (χ3n) is 5.81. The number of rotatable bonds is 2. The summed E-state index contributed by atoms with van der Waals surface area (Å²) in [7, 11) is -2.91. The van der Waals surface area contributed by atoms with E-state index < -0.39 is 9.84 Å². The third kappa shape index (κ3) is 3.76. The summed E-state index contributed by atoms with van der Waals surface area (Å²) in [5.41, 5.74) is 7.03. The van der Waals surface area contributed by atoms with Crippen molar-refractivity contribution in [2.45, 2.75) is 82.4 Å². The smallest absolute Gasteiger partial charge is 0.150 e. The number of hydrogen-bond donors (Lipinski definition) is 1. The zero-order valence-electron chi connectivity index (χ0n) is 13.3. The topological polar surface area (TPSA) is 60.2 Å². The molecule has 2 fully saturated rings. The molecule has 2 aliphatic carbocycles. The molecule has 0 aromatic rings. The quantitative estimate of drug-likeness (QED) is 0.796. The van der Waals surface area contributed by atoms with E-state index in [0.717, 1.165) is 38.5 Å². The lowest BCUT2D eigenvalue weighted by atomic mass is 9.71. The number of sulfone groups is 1. The average molecular weight is 301 g/mol. The first-order valence-corrected chi connectivity index (χ1v) is 10.1. The fourth-order valence-corrected chi connectivity index (χ4v) is 5.36. The van der Waals surface area contributed by atoms with Crippen molar-refractivity contribution in [3.8, 4) is 0 Å². The van der Waals surface area contributed by atoms with Crippen molar-refractivity contribution in [3.63, 3.8) is 0 Å². The van der Waals surface area contributed by atoms with Crippen LogP contribution in [-0.2, 0) is 9.84 Å². The van der Waals surface area contributed by atoms with Gasteiger partial charge >= 0.3 is 0 Å². The lowest BCUT2D eigenvalue weighted by Gasteiger charge is -2.41. The van der Waals surface area contributed by atoms with E-state index in [0.29, 0.717) is 11.3 Å². The van der Waals surface area contributed by atoms with Crippen LogP contribution in [0, 0.1) is 11.3 Å². The van der Waals surface area contributed by atoms with Gasteiger partial charge in [0.15, 0.2) is 0 Å². The predicted molar refractivity (Wildman–Crippen MR) is 84.4 cm³/mol. The van der Waals surface area contributed by atoms with E-state index >= 15 is 0 Å². The molecule has 0 aliphatic heterocycles. The van der Waals surface area contributed by atoms with Crippen molar-refractivity contribution < 1.29 is 8.42 Å². The van der Waals surface area contributed by atoms with E-state index in [1.165, 1.54) is 25.5 Å². The van der Waals surface area contributed by atoms with E-state index in [2.05, 4.69) is 13.8 Å². The lowest BCUT2D eigenvalue weighted by Crippen LogP contribution is -2.49. The molecule has 0 radical (unpaired) electrons. The highest BCUT2D eigenvalue weighted by Crippen LogP contribution is 2.44. The molecule has 20 heavy (non-hydrogen) atoms. The highest BCUT2D eigenvalue weighted by atomic mass is 32.2. The molecule has 0 amide bonds. The van der Waals surface area contributed by atoms with Crippen molar-refractivity contribution in [3.05, 3.63) is 0 Å². The maximum absolute atomic E-state index is 11.8. The Kier molecular flexibility index (Phi) is 4.56. The zero-order chi connectivity index (χ0) is 15.0.